The van der Waals surface area contributed by atoms with Crippen molar-refractivity contribution in [3.05, 3.63) is 29.6 Å². The van der Waals surface area contributed by atoms with E-state index in [9.17, 15) is 4.79 Å². The van der Waals surface area contributed by atoms with Crippen molar-refractivity contribution in [1.29, 1.82) is 0 Å². The molecular weight excluding hydrogens is 316 g/mol. The largest absolute Gasteiger partial charge is 0.379 e. The van der Waals surface area contributed by atoms with Gasteiger partial charge in [0.15, 0.2) is 0 Å². The molecule has 1 saturated heterocycles. The first-order valence-electron chi connectivity index (χ1n) is 9.40. The quantitative estimate of drug-likeness (QED) is 0.757. The Kier molecular flexibility index (Phi) is 8.15. The van der Waals surface area contributed by atoms with Crippen molar-refractivity contribution in [1.82, 2.24) is 20.5 Å². The normalized spacial score (nSPS) is 16.6. The average molecular weight is 348 g/mol. The molecule has 0 spiro atoms. The summed E-state index contributed by atoms with van der Waals surface area (Å²) in [6, 6.07) is 6.06. The fourth-order valence-electron chi connectivity index (χ4n) is 3.46. The van der Waals surface area contributed by atoms with E-state index in [4.69, 9.17) is 4.74 Å². The molecule has 0 bridgehead atoms. The van der Waals surface area contributed by atoms with Gasteiger partial charge in [-0.1, -0.05) is 32.8 Å². The third-order valence-electron chi connectivity index (χ3n) is 4.96. The molecule has 0 unspecified atom stereocenters. The number of aryl methyl sites for hydroxylation is 1. The van der Waals surface area contributed by atoms with E-state index in [1.807, 2.05) is 25.1 Å². The number of rotatable bonds is 8. The van der Waals surface area contributed by atoms with Crippen LogP contribution in [0, 0.1) is 12.8 Å². The van der Waals surface area contributed by atoms with Gasteiger partial charge in [-0.2, -0.15) is 0 Å². The molecule has 2 rings (SSSR count). The van der Waals surface area contributed by atoms with E-state index in [1.165, 1.54) is 0 Å². The van der Waals surface area contributed by atoms with Gasteiger partial charge in [0.05, 0.1) is 25.5 Å². The van der Waals surface area contributed by atoms with Crippen molar-refractivity contribution in [3.8, 4) is 0 Å². The molecule has 6 heteroatoms. The molecule has 2 heterocycles. The molecule has 2 amide bonds. The predicted octanol–water partition coefficient (Wildman–Crippen LogP) is 2.33. The summed E-state index contributed by atoms with van der Waals surface area (Å²) < 4.78 is 5.47. The number of nitrogens with zero attached hydrogens (tertiary/aromatic N) is 2. The summed E-state index contributed by atoms with van der Waals surface area (Å²) in [4.78, 5) is 19.1. The zero-order chi connectivity index (χ0) is 18.1. The van der Waals surface area contributed by atoms with Crippen LogP contribution in [0.4, 0.5) is 4.79 Å². The van der Waals surface area contributed by atoms with E-state index < -0.39 is 0 Å². The van der Waals surface area contributed by atoms with Crippen LogP contribution >= 0.6 is 0 Å². The van der Waals surface area contributed by atoms with Crippen LogP contribution in [0.3, 0.4) is 0 Å². The smallest absolute Gasteiger partial charge is 0.315 e. The van der Waals surface area contributed by atoms with Gasteiger partial charge < -0.3 is 15.4 Å². The number of morpholine rings is 1. The van der Waals surface area contributed by atoms with Gasteiger partial charge in [-0.15, -0.1) is 0 Å². The van der Waals surface area contributed by atoms with Crippen molar-refractivity contribution < 1.29 is 9.53 Å². The van der Waals surface area contributed by atoms with Crippen LogP contribution in [0.15, 0.2) is 18.2 Å². The summed E-state index contributed by atoms with van der Waals surface area (Å²) in [6.07, 6.45) is 2.24. The SMILES string of the molecule is CCC(CC)[C@@H](CNC(=O)NCc1cccc(C)n1)N1CCOCC1. The minimum Gasteiger partial charge on any atom is -0.379 e. The summed E-state index contributed by atoms with van der Waals surface area (Å²) in [5.41, 5.74) is 1.83. The Balaban J connectivity index is 1.84. The van der Waals surface area contributed by atoms with Crippen LogP contribution in [0.25, 0.3) is 0 Å². The highest BCUT2D eigenvalue weighted by molar-refractivity contribution is 5.73. The highest BCUT2D eigenvalue weighted by Crippen LogP contribution is 2.19. The van der Waals surface area contributed by atoms with Gasteiger partial charge in [-0.3, -0.25) is 9.88 Å². The summed E-state index contributed by atoms with van der Waals surface area (Å²) in [6.45, 7) is 11.0. The second kappa shape index (κ2) is 10.4. The molecule has 0 saturated carbocycles. The van der Waals surface area contributed by atoms with Crippen LogP contribution in [0.5, 0.6) is 0 Å². The molecule has 1 fully saturated rings. The predicted molar refractivity (Wildman–Crippen MR) is 99.5 cm³/mol. The summed E-state index contributed by atoms with van der Waals surface area (Å²) >= 11 is 0. The Morgan fingerprint density at radius 3 is 2.60 bits per heavy atom. The Morgan fingerprint density at radius 2 is 1.96 bits per heavy atom. The Morgan fingerprint density at radius 1 is 1.24 bits per heavy atom. The lowest BCUT2D eigenvalue weighted by Gasteiger charge is -2.38. The number of ether oxygens (including phenoxy) is 1. The van der Waals surface area contributed by atoms with Gasteiger partial charge in [-0.05, 0) is 25.0 Å². The van der Waals surface area contributed by atoms with Gasteiger partial charge in [-0.25, -0.2) is 4.79 Å². The first-order chi connectivity index (χ1) is 12.1. The van der Waals surface area contributed by atoms with E-state index in [2.05, 4.69) is 34.4 Å². The van der Waals surface area contributed by atoms with Gasteiger partial charge in [0, 0.05) is 31.4 Å². The molecule has 1 aromatic rings. The number of pyridine rings is 1. The first-order valence-corrected chi connectivity index (χ1v) is 9.40. The van der Waals surface area contributed by atoms with Crippen LogP contribution in [-0.4, -0.2) is 54.8 Å². The van der Waals surface area contributed by atoms with Crippen molar-refractivity contribution in [2.75, 3.05) is 32.8 Å². The third-order valence-corrected chi connectivity index (χ3v) is 4.96. The fraction of sp³-hybridized carbons (Fsp3) is 0.684. The third kappa shape index (κ3) is 6.29. The topological polar surface area (TPSA) is 66.5 Å². The lowest BCUT2D eigenvalue weighted by molar-refractivity contribution is 0.00237. The Bertz CT molecular complexity index is 528. The molecule has 1 atom stereocenters. The van der Waals surface area contributed by atoms with Crippen LogP contribution < -0.4 is 10.6 Å². The highest BCUT2D eigenvalue weighted by Gasteiger charge is 2.27. The molecule has 25 heavy (non-hydrogen) atoms. The molecule has 0 aliphatic carbocycles. The zero-order valence-electron chi connectivity index (χ0n) is 15.8. The monoisotopic (exact) mass is 348 g/mol. The fourth-order valence-corrected chi connectivity index (χ4v) is 3.46. The summed E-state index contributed by atoms with van der Waals surface area (Å²) in [5, 5.41) is 5.96. The van der Waals surface area contributed by atoms with Crippen molar-refractivity contribution in [2.24, 2.45) is 5.92 Å². The average Bonchev–Trinajstić information content (AvgIpc) is 2.64. The number of nitrogens with one attached hydrogen (secondary N) is 2. The van der Waals surface area contributed by atoms with Crippen molar-refractivity contribution >= 4 is 6.03 Å². The molecule has 0 radical (unpaired) electrons. The van der Waals surface area contributed by atoms with Gasteiger partial charge in [0.1, 0.15) is 0 Å². The number of carbonyl (C=O) groups excluding carboxylic acids is 1. The van der Waals surface area contributed by atoms with Crippen LogP contribution in [0.2, 0.25) is 0 Å². The number of hydrogen-bond donors (Lipinski definition) is 2. The molecule has 140 valence electrons. The summed E-state index contributed by atoms with van der Waals surface area (Å²) in [7, 11) is 0. The van der Waals surface area contributed by atoms with Crippen LogP contribution in [-0.2, 0) is 11.3 Å². The molecular formula is C19H32N4O2. The summed E-state index contributed by atoms with van der Waals surface area (Å²) in [5.74, 6) is 0.580. The lowest BCUT2D eigenvalue weighted by Crippen LogP contribution is -2.53. The number of carbonyl (C=O) groups is 1. The zero-order valence-corrected chi connectivity index (χ0v) is 15.8. The van der Waals surface area contributed by atoms with E-state index in [0.717, 1.165) is 50.5 Å². The van der Waals surface area contributed by atoms with Crippen molar-refractivity contribution in [2.45, 2.75) is 46.2 Å². The molecule has 6 nitrogen and oxygen atoms in total. The second-order valence-corrected chi connectivity index (χ2v) is 6.63. The maximum absolute atomic E-state index is 12.2. The molecule has 1 aliphatic rings. The van der Waals surface area contributed by atoms with Crippen molar-refractivity contribution in [3.63, 3.8) is 0 Å². The van der Waals surface area contributed by atoms with Crippen LogP contribution in [0.1, 0.15) is 38.1 Å². The highest BCUT2D eigenvalue weighted by atomic mass is 16.5. The molecule has 1 aromatic heterocycles. The molecule has 0 aromatic carbocycles. The van der Waals surface area contributed by atoms with E-state index >= 15 is 0 Å². The minimum absolute atomic E-state index is 0.132. The Labute approximate surface area is 151 Å². The standard InChI is InChI=1S/C19H32N4O2/c1-4-16(5-2)18(23-9-11-25-12-10-23)14-21-19(24)20-13-17-8-6-7-15(3)22-17/h6-8,16,18H,4-5,9-14H2,1-3H3,(H2,20,21,24)/t18-/m1/s1. The van der Waals surface area contributed by atoms with E-state index in [0.29, 0.717) is 25.0 Å². The number of amides is 2. The van der Waals surface area contributed by atoms with Gasteiger partial charge >= 0.3 is 6.03 Å². The van der Waals surface area contributed by atoms with E-state index in [1.54, 1.807) is 0 Å². The number of aromatic nitrogens is 1. The van der Waals surface area contributed by atoms with E-state index in [-0.39, 0.29) is 6.03 Å². The van der Waals surface area contributed by atoms with Gasteiger partial charge in [0.2, 0.25) is 0 Å². The maximum Gasteiger partial charge on any atom is 0.315 e. The number of urea groups is 1. The Hall–Kier alpha value is -1.66. The van der Waals surface area contributed by atoms with Gasteiger partial charge in [0.25, 0.3) is 0 Å². The lowest BCUT2D eigenvalue weighted by atomic mass is 9.92. The minimum atomic E-state index is -0.132. The molecule has 1 aliphatic heterocycles. The molecule has 2 N–H and O–H groups in total. The number of hydrogen-bond acceptors (Lipinski definition) is 4. The second-order valence-electron chi connectivity index (χ2n) is 6.63. The first kappa shape index (κ1) is 19.7. The maximum atomic E-state index is 12.2.